The number of nitriles is 1. The first-order chi connectivity index (χ1) is 28.7. The number of likely N-dealkylation sites (tertiary alicyclic amines) is 1. The van der Waals surface area contributed by atoms with Gasteiger partial charge in [-0.1, -0.05) is 24.3 Å². The van der Waals surface area contributed by atoms with Crippen molar-refractivity contribution >= 4 is 41.8 Å². The molecule has 1 unspecified atom stereocenters. The number of hydrogen-bond donors (Lipinski definition) is 1. The van der Waals surface area contributed by atoms with E-state index < -0.39 is 70.1 Å². The Morgan fingerprint density at radius 2 is 1.78 bits per heavy atom. The van der Waals surface area contributed by atoms with Crippen LogP contribution in [-0.4, -0.2) is 98.2 Å². The maximum Gasteiger partial charge on any atom is 0.512 e. The van der Waals surface area contributed by atoms with Crippen LogP contribution in [0.3, 0.4) is 0 Å². The van der Waals surface area contributed by atoms with Crippen LogP contribution in [0.2, 0.25) is 0 Å². The predicted molar refractivity (Wildman–Crippen MR) is 208 cm³/mol. The lowest BCUT2D eigenvalue weighted by Gasteiger charge is -2.40. The molecule has 2 aromatic carbocycles. The number of carbonyl (C=O) groups excluding carboxylic acids is 3. The van der Waals surface area contributed by atoms with Gasteiger partial charge >= 0.3 is 18.1 Å². The Kier molecular flexibility index (Phi) is 16.0. The number of aliphatic carboxylic acids is 1. The summed E-state index contributed by atoms with van der Waals surface area (Å²) in [4.78, 5) is 55.1. The SMILES string of the molecule is CC(OC(=O)/C=C/C(=O)N1CCC(CC(=O)O)CC1)OC(=O)O[C@@](Cn1cncn1)(c1ccc(F)cc1F)[C@@H](C)SC1COC(/C=C/C=C/c2ccc(C#N)cc2F)OC1. The van der Waals surface area contributed by atoms with E-state index in [1.165, 1.54) is 59.1 Å². The largest absolute Gasteiger partial charge is 0.512 e. The molecule has 2 saturated heterocycles. The molecular weight excluding hydrogens is 812 g/mol. The number of rotatable bonds is 16. The van der Waals surface area contributed by atoms with Crippen LogP contribution in [0.5, 0.6) is 0 Å². The van der Waals surface area contributed by atoms with Crippen LogP contribution in [0.15, 0.2) is 79.4 Å². The molecular formula is C41H42F3N5O10S. The van der Waals surface area contributed by atoms with Crippen LogP contribution in [0.1, 0.15) is 49.8 Å². The maximum atomic E-state index is 15.8. The van der Waals surface area contributed by atoms with Gasteiger partial charge in [0.2, 0.25) is 12.2 Å². The number of allylic oxidation sites excluding steroid dienone is 2. The third-order valence-corrected chi connectivity index (χ3v) is 11.0. The Hall–Kier alpha value is -5.97. The van der Waals surface area contributed by atoms with Crippen LogP contribution >= 0.6 is 11.8 Å². The molecule has 3 aromatic rings. The molecule has 1 N–H and O–H groups in total. The summed E-state index contributed by atoms with van der Waals surface area (Å²) >= 11 is 1.22. The fourth-order valence-corrected chi connectivity index (χ4v) is 7.87. The number of ether oxygens (including phenoxy) is 5. The van der Waals surface area contributed by atoms with Gasteiger partial charge in [-0.2, -0.15) is 10.4 Å². The standard InChI is InChI=1S/C41H42F3N5O10S/c1-26(60-32-21-55-39(56-22-32)6-4-3-5-30-8-7-29(20-45)17-34(30)43)41(23-49-25-46-24-47-49,33-10-9-31(42)19-35(33)44)59-40(54)58-27(2)57-38(53)12-11-36(50)48-15-13-28(14-16-48)18-37(51)52/h3-12,17,19,24-28,32,39H,13-16,18,21-23H2,1-2H3,(H,51,52)/b5-3+,6-4+,12-11+/t26-,27?,32?,39?,41-/m1/s1. The minimum absolute atomic E-state index is 0.0148. The Balaban J connectivity index is 1.23. The van der Waals surface area contributed by atoms with Crippen LogP contribution < -0.4 is 0 Å². The molecule has 15 nitrogen and oxygen atoms in total. The molecule has 0 saturated carbocycles. The molecule has 1 aromatic heterocycles. The van der Waals surface area contributed by atoms with Gasteiger partial charge in [0.25, 0.3) is 0 Å². The molecule has 2 aliphatic heterocycles. The van der Waals surface area contributed by atoms with Gasteiger partial charge in [-0.15, -0.1) is 11.8 Å². The first kappa shape index (κ1) is 45.1. The van der Waals surface area contributed by atoms with E-state index in [0.717, 1.165) is 30.4 Å². The monoisotopic (exact) mass is 853 g/mol. The Labute approximate surface area is 347 Å². The lowest BCUT2D eigenvalue weighted by molar-refractivity contribution is -0.166. The van der Waals surface area contributed by atoms with Crippen LogP contribution in [0, 0.1) is 34.7 Å². The zero-order valence-corrected chi connectivity index (χ0v) is 33.3. The summed E-state index contributed by atoms with van der Waals surface area (Å²) in [6, 6.07) is 8.78. The van der Waals surface area contributed by atoms with Crippen LogP contribution in [0.4, 0.5) is 18.0 Å². The van der Waals surface area contributed by atoms with Crippen molar-refractivity contribution in [3.05, 3.63) is 114 Å². The molecule has 0 spiro atoms. The summed E-state index contributed by atoms with van der Waals surface area (Å²) in [5.41, 5.74) is -1.69. The van der Waals surface area contributed by atoms with Gasteiger partial charge < -0.3 is 33.7 Å². The second-order valence-corrected chi connectivity index (χ2v) is 15.5. The van der Waals surface area contributed by atoms with Gasteiger partial charge in [0, 0.05) is 61.0 Å². The quantitative estimate of drug-likeness (QED) is 0.0774. The molecule has 0 bridgehead atoms. The zero-order valence-electron chi connectivity index (χ0n) is 32.5. The van der Waals surface area contributed by atoms with E-state index in [1.54, 1.807) is 25.2 Å². The lowest BCUT2D eigenvalue weighted by Crippen LogP contribution is -2.47. The molecule has 318 valence electrons. The number of halogens is 3. The number of benzene rings is 2. The van der Waals surface area contributed by atoms with E-state index in [4.69, 9.17) is 34.1 Å². The summed E-state index contributed by atoms with van der Waals surface area (Å²) in [5, 5.41) is 20.8. The van der Waals surface area contributed by atoms with Crippen molar-refractivity contribution in [2.75, 3.05) is 26.3 Å². The highest BCUT2D eigenvalue weighted by Crippen LogP contribution is 2.42. The Morgan fingerprint density at radius 3 is 2.43 bits per heavy atom. The van der Waals surface area contributed by atoms with E-state index in [9.17, 15) is 28.0 Å². The van der Waals surface area contributed by atoms with Crippen molar-refractivity contribution in [3.63, 3.8) is 0 Å². The summed E-state index contributed by atoms with van der Waals surface area (Å²) in [6.45, 7) is 3.48. The molecule has 2 aliphatic rings. The van der Waals surface area contributed by atoms with E-state index in [1.807, 2.05) is 6.07 Å². The van der Waals surface area contributed by atoms with Gasteiger partial charge in [0.15, 0.2) is 11.9 Å². The topological polar surface area (TPSA) is 192 Å². The summed E-state index contributed by atoms with van der Waals surface area (Å²) in [6.07, 6.45) is 8.07. The van der Waals surface area contributed by atoms with Crippen molar-refractivity contribution < 1.29 is 61.1 Å². The van der Waals surface area contributed by atoms with Gasteiger partial charge in [-0.3, -0.25) is 9.59 Å². The first-order valence-electron chi connectivity index (χ1n) is 18.7. The number of carbonyl (C=O) groups is 4. The number of piperidine rings is 1. The minimum atomic E-state index is -1.95. The molecule has 5 rings (SSSR count). The molecule has 60 heavy (non-hydrogen) atoms. The van der Waals surface area contributed by atoms with Crippen molar-refractivity contribution in [1.29, 1.82) is 5.26 Å². The highest BCUT2D eigenvalue weighted by molar-refractivity contribution is 8.00. The number of hydrogen-bond acceptors (Lipinski definition) is 13. The third kappa shape index (κ3) is 12.8. The number of carboxylic acids is 1. The highest BCUT2D eigenvalue weighted by Gasteiger charge is 2.47. The number of thioether (sulfide) groups is 1. The van der Waals surface area contributed by atoms with Gasteiger partial charge in [-0.05, 0) is 56.0 Å². The number of nitrogens with zero attached hydrogens (tertiary/aromatic N) is 5. The van der Waals surface area contributed by atoms with Crippen LogP contribution in [-0.2, 0) is 50.2 Å². The highest BCUT2D eigenvalue weighted by atomic mass is 32.2. The smallest absolute Gasteiger partial charge is 0.481 e. The molecule has 3 heterocycles. The molecule has 0 radical (unpaired) electrons. The zero-order chi connectivity index (χ0) is 43.2. The Bertz CT molecular complexity index is 2110. The van der Waals surface area contributed by atoms with Gasteiger partial charge in [0.05, 0.1) is 36.6 Å². The summed E-state index contributed by atoms with van der Waals surface area (Å²) in [5.74, 6) is -4.91. The molecule has 19 heteroatoms. The predicted octanol–water partition coefficient (Wildman–Crippen LogP) is 5.91. The second-order valence-electron chi connectivity index (χ2n) is 13.8. The Morgan fingerprint density at radius 1 is 1.03 bits per heavy atom. The van der Waals surface area contributed by atoms with Crippen molar-refractivity contribution in [1.82, 2.24) is 19.7 Å². The summed E-state index contributed by atoms with van der Waals surface area (Å²) < 4.78 is 73.6. The maximum absolute atomic E-state index is 15.8. The fourth-order valence-electron chi connectivity index (χ4n) is 6.51. The van der Waals surface area contributed by atoms with E-state index in [2.05, 4.69) is 10.1 Å². The third-order valence-electron chi connectivity index (χ3n) is 9.54. The average molecular weight is 854 g/mol. The number of aromatic nitrogens is 3. The molecule has 1 amide bonds. The van der Waals surface area contributed by atoms with E-state index in [0.29, 0.717) is 32.0 Å². The summed E-state index contributed by atoms with van der Waals surface area (Å²) in [7, 11) is 0. The fraction of sp³-hybridized carbons (Fsp3) is 0.390. The molecule has 2 fully saturated rings. The average Bonchev–Trinajstić information content (AvgIpc) is 3.72. The van der Waals surface area contributed by atoms with Crippen LogP contribution in [0.25, 0.3) is 6.08 Å². The lowest BCUT2D eigenvalue weighted by atomic mass is 9.89. The van der Waals surface area contributed by atoms with Gasteiger partial charge in [-0.25, -0.2) is 32.4 Å². The number of carboxylic acid groups (broad SMARTS) is 1. The van der Waals surface area contributed by atoms with Crippen molar-refractivity contribution in [2.45, 2.75) is 68.3 Å². The minimum Gasteiger partial charge on any atom is -0.481 e. The van der Waals surface area contributed by atoms with Gasteiger partial charge in [0.1, 0.15) is 30.1 Å². The first-order valence-corrected chi connectivity index (χ1v) is 19.7. The van der Waals surface area contributed by atoms with Crippen molar-refractivity contribution in [2.24, 2.45) is 5.92 Å². The number of amides is 1. The molecule has 3 atom stereocenters. The second kappa shape index (κ2) is 21.3. The van der Waals surface area contributed by atoms with E-state index >= 15 is 4.39 Å². The molecule has 0 aliphatic carbocycles. The number of esters is 1. The van der Waals surface area contributed by atoms with E-state index in [-0.39, 0.29) is 48.8 Å². The normalized spacial score (nSPS) is 19.4. The van der Waals surface area contributed by atoms with Crippen molar-refractivity contribution in [3.8, 4) is 6.07 Å².